The number of nitrogens with one attached hydrogen (secondary N) is 2. The van der Waals surface area contributed by atoms with E-state index in [4.69, 9.17) is 5.11 Å². The van der Waals surface area contributed by atoms with Crippen molar-refractivity contribution >= 4 is 17.5 Å². The molecule has 1 aromatic rings. The SMILES string of the molecule is CC(=O)Nc1cccc(C(=O)NC(C)C(C)CO)c1. The van der Waals surface area contributed by atoms with Crippen molar-refractivity contribution < 1.29 is 14.7 Å². The Kier molecular flexibility index (Phi) is 5.51. The molecule has 0 aromatic heterocycles. The molecular weight excluding hydrogens is 244 g/mol. The number of amides is 2. The van der Waals surface area contributed by atoms with Crippen LogP contribution in [0.15, 0.2) is 24.3 Å². The number of hydrogen-bond donors (Lipinski definition) is 3. The van der Waals surface area contributed by atoms with Crippen LogP contribution >= 0.6 is 0 Å². The Morgan fingerprint density at radius 3 is 2.58 bits per heavy atom. The third-order valence-corrected chi connectivity index (χ3v) is 2.95. The van der Waals surface area contributed by atoms with Gasteiger partial charge in [-0.05, 0) is 31.0 Å². The van der Waals surface area contributed by atoms with Crippen molar-refractivity contribution in [3.63, 3.8) is 0 Å². The summed E-state index contributed by atoms with van der Waals surface area (Å²) in [4.78, 5) is 23.0. The molecule has 0 saturated carbocycles. The molecule has 19 heavy (non-hydrogen) atoms. The number of rotatable bonds is 5. The Balaban J connectivity index is 2.74. The fraction of sp³-hybridized carbons (Fsp3) is 0.429. The van der Waals surface area contributed by atoms with Crippen molar-refractivity contribution in [3.05, 3.63) is 29.8 Å². The zero-order valence-electron chi connectivity index (χ0n) is 11.4. The number of aliphatic hydroxyl groups excluding tert-OH is 1. The number of carbonyl (C=O) groups is 2. The van der Waals surface area contributed by atoms with Gasteiger partial charge in [0.1, 0.15) is 0 Å². The van der Waals surface area contributed by atoms with Gasteiger partial charge in [0.05, 0.1) is 0 Å². The smallest absolute Gasteiger partial charge is 0.251 e. The van der Waals surface area contributed by atoms with Gasteiger partial charge in [0.25, 0.3) is 5.91 Å². The van der Waals surface area contributed by atoms with Crippen molar-refractivity contribution in [3.8, 4) is 0 Å². The predicted octanol–water partition coefficient (Wildman–Crippen LogP) is 1.39. The molecule has 0 saturated heterocycles. The first-order valence-corrected chi connectivity index (χ1v) is 6.23. The fourth-order valence-electron chi connectivity index (χ4n) is 1.53. The summed E-state index contributed by atoms with van der Waals surface area (Å²) in [5, 5.41) is 14.5. The van der Waals surface area contributed by atoms with Gasteiger partial charge in [0.15, 0.2) is 0 Å². The molecule has 2 amide bonds. The van der Waals surface area contributed by atoms with Crippen molar-refractivity contribution in [2.24, 2.45) is 5.92 Å². The lowest BCUT2D eigenvalue weighted by Gasteiger charge is -2.19. The lowest BCUT2D eigenvalue weighted by molar-refractivity contribution is -0.114. The van der Waals surface area contributed by atoms with Crippen molar-refractivity contribution in [1.82, 2.24) is 5.32 Å². The second-order valence-electron chi connectivity index (χ2n) is 4.68. The van der Waals surface area contributed by atoms with E-state index in [2.05, 4.69) is 10.6 Å². The van der Waals surface area contributed by atoms with Crippen LogP contribution in [-0.4, -0.2) is 29.6 Å². The minimum Gasteiger partial charge on any atom is -0.396 e. The number of carbonyl (C=O) groups excluding carboxylic acids is 2. The minimum absolute atomic E-state index is 0.0116. The van der Waals surface area contributed by atoms with Crippen molar-refractivity contribution in [2.45, 2.75) is 26.8 Å². The third kappa shape index (κ3) is 4.71. The van der Waals surface area contributed by atoms with E-state index in [0.717, 1.165) is 0 Å². The normalized spacial score (nSPS) is 13.5. The molecule has 0 aliphatic heterocycles. The zero-order chi connectivity index (χ0) is 14.4. The van der Waals surface area contributed by atoms with Crippen LogP contribution in [0.3, 0.4) is 0 Å². The van der Waals surface area contributed by atoms with Crippen molar-refractivity contribution in [2.75, 3.05) is 11.9 Å². The maximum atomic E-state index is 12.0. The first-order chi connectivity index (χ1) is 8.93. The molecule has 5 heteroatoms. The summed E-state index contributed by atoms with van der Waals surface area (Å²) in [5.41, 5.74) is 1.06. The van der Waals surface area contributed by atoms with Crippen LogP contribution in [0, 0.1) is 5.92 Å². The molecule has 0 heterocycles. The molecule has 104 valence electrons. The van der Waals surface area contributed by atoms with Gasteiger partial charge in [0, 0.05) is 30.8 Å². The van der Waals surface area contributed by atoms with E-state index < -0.39 is 0 Å². The number of benzene rings is 1. The van der Waals surface area contributed by atoms with Crippen LogP contribution in [0.1, 0.15) is 31.1 Å². The monoisotopic (exact) mass is 264 g/mol. The largest absolute Gasteiger partial charge is 0.396 e. The maximum absolute atomic E-state index is 12.0. The highest BCUT2D eigenvalue weighted by molar-refractivity contribution is 5.96. The quantitative estimate of drug-likeness (QED) is 0.752. The van der Waals surface area contributed by atoms with Gasteiger partial charge in [-0.3, -0.25) is 9.59 Å². The molecule has 5 nitrogen and oxygen atoms in total. The lowest BCUT2D eigenvalue weighted by atomic mass is 10.0. The Hall–Kier alpha value is -1.88. The minimum atomic E-state index is -0.222. The van der Waals surface area contributed by atoms with Crippen molar-refractivity contribution in [1.29, 1.82) is 0 Å². The number of anilines is 1. The zero-order valence-corrected chi connectivity index (χ0v) is 11.4. The van der Waals surface area contributed by atoms with Gasteiger partial charge in [-0.25, -0.2) is 0 Å². The molecule has 2 unspecified atom stereocenters. The van der Waals surface area contributed by atoms with Crippen LogP contribution in [0.2, 0.25) is 0 Å². The average Bonchev–Trinajstić information content (AvgIpc) is 2.37. The van der Waals surface area contributed by atoms with E-state index in [-0.39, 0.29) is 30.4 Å². The molecule has 0 bridgehead atoms. The molecule has 0 radical (unpaired) electrons. The number of aliphatic hydroxyl groups is 1. The van der Waals surface area contributed by atoms with Gasteiger partial charge >= 0.3 is 0 Å². The molecule has 1 aromatic carbocycles. The molecule has 0 spiro atoms. The van der Waals surface area contributed by atoms with E-state index >= 15 is 0 Å². The Bertz CT molecular complexity index is 460. The van der Waals surface area contributed by atoms with E-state index in [9.17, 15) is 9.59 Å². The summed E-state index contributed by atoms with van der Waals surface area (Å²) in [6, 6.07) is 6.60. The van der Waals surface area contributed by atoms with E-state index in [1.54, 1.807) is 24.3 Å². The fourth-order valence-corrected chi connectivity index (χ4v) is 1.53. The van der Waals surface area contributed by atoms with Crippen LogP contribution < -0.4 is 10.6 Å². The summed E-state index contributed by atoms with van der Waals surface area (Å²) in [5.74, 6) is -0.415. The molecule has 2 atom stereocenters. The molecule has 0 fully saturated rings. The highest BCUT2D eigenvalue weighted by atomic mass is 16.3. The van der Waals surface area contributed by atoms with E-state index in [1.165, 1.54) is 6.92 Å². The Morgan fingerprint density at radius 2 is 2.00 bits per heavy atom. The predicted molar refractivity (Wildman–Crippen MR) is 73.9 cm³/mol. The summed E-state index contributed by atoms with van der Waals surface area (Å²) < 4.78 is 0. The molecule has 3 N–H and O–H groups in total. The highest BCUT2D eigenvalue weighted by Crippen LogP contribution is 2.11. The standard InChI is InChI=1S/C14H20N2O3/c1-9(8-17)10(2)15-14(19)12-5-4-6-13(7-12)16-11(3)18/h4-7,9-10,17H,8H2,1-3H3,(H,15,19)(H,16,18). The van der Waals surface area contributed by atoms with E-state index in [0.29, 0.717) is 11.3 Å². The summed E-state index contributed by atoms with van der Waals surface area (Å²) >= 11 is 0. The third-order valence-electron chi connectivity index (χ3n) is 2.95. The first kappa shape index (κ1) is 15.2. The maximum Gasteiger partial charge on any atom is 0.251 e. The second-order valence-corrected chi connectivity index (χ2v) is 4.68. The highest BCUT2D eigenvalue weighted by Gasteiger charge is 2.15. The molecular formula is C14H20N2O3. The first-order valence-electron chi connectivity index (χ1n) is 6.23. The van der Waals surface area contributed by atoms with E-state index in [1.807, 2.05) is 13.8 Å². The summed E-state index contributed by atoms with van der Waals surface area (Å²) in [7, 11) is 0. The number of hydrogen-bond acceptors (Lipinski definition) is 3. The molecule has 1 rings (SSSR count). The van der Waals surface area contributed by atoms with Crippen LogP contribution in [-0.2, 0) is 4.79 Å². The van der Waals surface area contributed by atoms with Crippen LogP contribution in [0.5, 0.6) is 0 Å². The summed E-state index contributed by atoms with van der Waals surface area (Å²) in [6.07, 6.45) is 0. The van der Waals surface area contributed by atoms with Gasteiger partial charge < -0.3 is 15.7 Å². The average molecular weight is 264 g/mol. The van der Waals surface area contributed by atoms with Gasteiger partial charge in [0.2, 0.25) is 5.91 Å². The van der Waals surface area contributed by atoms with Gasteiger partial charge in [-0.2, -0.15) is 0 Å². The summed E-state index contributed by atoms with van der Waals surface area (Å²) in [6.45, 7) is 5.14. The molecule has 0 aliphatic rings. The van der Waals surface area contributed by atoms with Crippen LogP contribution in [0.4, 0.5) is 5.69 Å². The van der Waals surface area contributed by atoms with Gasteiger partial charge in [-0.15, -0.1) is 0 Å². The Labute approximate surface area is 113 Å². The van der Waals surface area contributed by atoms with Crippen LogP contribution in [0.25, 0.3) is 0 Å². The topological polar surface area (TPSA) is 78.4 Å². The molecule has 0 aliphatic carbocycles. The van der Waals surface area contributed by atoms with Gasteiger partial charge in [-0.1, -0.05) is 13.0 Å². The second kappa shape index (κ2) is 6.89. The Morgan fingerprint density at radius 1 is 1.32 bits per heavy atom. The lowest BCUT2D eigenvalue weighted by Crippen LogP contribution is -2.38.